The average molecular weight is 326 g/mol. The number of anilines is 1. The second-order valence-corrected chi connectivity index (χ2v) is 5.68. The Kier molecular flexibility index (Phi) is 4.73. The lowest BCUT2D eigenvalue weighted by Gasteiger charge is -2.07. The summed E-state index contributed by atoms with van der Waals surface area (Å²) in [4.78, 5) is 0. The van der Waals surface area contributed by atoms with Crippen LogP contribution < -0.4 is 10.6 Å². The fourth-order valence-corrected chi connectivity index (χ4v) is 2.31. The molecule has 0 fully saturated rings. The molecule has 5 nitrogen and oxygen atoms in total. The summed E-state index contributed by atoms with van der Waals surface area (Å²) in [7, 11) is 0. The second kappa shape index (κ2) is 7.11. The van der Waals surface area contributed by atoms with Gasteiger partial charge in [0, 0.05) is 12.3 Å². The largest absolute Gasteiger partial charge is 0.467 e. The minimum Gasteiger partial charge on any atom is -0.467 e. The molecule has 0 amide bonds. The summed E-state index contributed by atoms with van der Waals surface area (Å²) in [6.45, 7) is 3.35. The summed E-state index contributed by atoms with van der Waals surface area (Å²) in [5, 5.41) is 11.1. The first kappa shape index (κ1) is 15.3. The molecular weight excluding hydrogens is 308 g/mol. The molecule has 0 saturated carbocycles. The van der Waals surface area contributed by atoms with Gasteiger partial charge in [-0.05, 0) is 36.8 Å². The van der Waals surface area contributed by atoms with E-state index in [0.29, 0.717) is 17.5 Å². The van der Waals surface area contributed by atoms with Gasteiger partial charge in [-0.2, -0.15) is 5.10 Å². The monoisotopic (exact) mass is 326 g/mol. The first-order valence-corrected chi connectivity index (χ1v) is 7.76. The Balaban J connectivity index is 1.52. The van der Waals surface area contributed by atoms with Crippen molar-refractivity contribution in [1.29, 1.82) is 0 Å². The summed E-state index contributed by atoms with van der Waals surface area (Å²) in [6, 6.07) is 14.1. The number of rotatable bonds is 5. The van der Waals surface area contributed by atoms with Gasteiger partial charge in [0.1, 0.15) is 5.76 Å². The van der Waals surface area contributed by atoms with Crippen molar-refractivity contribution in [3.8, 4) is 0 Å². The van der Waals surface area contributed by atoms with Gasteiger partial charge in [0.05, 0.1) is 19.4 Å². The summed E-state index contributed by atoms with van der Waals surface area (Å²) >= 11 is 5.25. The summed E-state index contributed by atoms with van der Waals surface area (Å²) in [6.07, 6.45) is 3.57. The fraction of sp³-hybridized carbons (Fsp3) is 0.176. The number of benzene rings is 1. The molecular formula is C17H18N4OS. The summed E-state index contributed by atoms with van der Waals surface area (Å²) in [5.74, 6) is 1.55. The van der Waals surface area contributed by atoms with Crippen molar-refractivity contribution in [3.05, 3.63) is 71.8 Å². The van der Waals surface area contributed by atoms with E-state index >= 15 is 0 Å². The third kappa shape index (κ3) is 4.43. The van der Waals surface area contributed by atoms with Crippen LogP contribution in [0.4, 0.5) is 5.82 Å². The summed E-state index contributed by atoms with van der Waals surface area (Å²) < 4.78 is 7.12. The van der Waals surface area contributed by atoms with Gasteiger partial charge in [-0.25, -0.2) is 0 Å². The van der Waals surface area contributed by atoms with Crippen molar-refractivity contribution >= 4 is 23.1 Å². The van der Waals surface area contributed by atoms with E-state index in [9.17, 15) is 0 Å². The molecule has 118 valence electrons. The molecule has 3 rings (SSSR count). The quantitative estimate of drug-likeness (QED) is 0.705. The van der Waals surface area contributed by atoms with Gasteiger partial charge >= 0.3 is 0 Å². The Morgan fingerprint density at radius 3 is 2.78 bits per heavy atom. The molecule has 2 N–H and O–H groups in total. The molecule has 0 aliphatic rings. The van der Waals surface area contributed by atoms with Crippen LogP contribution in [0.2, 0.25) is 0 Å². The van der Waals surface area contributed by atoms with E-state index in [1.807, 2.05) is 29.1 Å². The first-order chi connectivity index (χ1) is 11.2. The van der Waals surface area contributed by atoms with Gasteiger partial charge in [-0.3, -0.25) is 4.68 Å². The molecule has 0 aliphatic carbocycles. The van der Waals surface area contributed by atoms with Crippen LogP contribution in [0.5, 0.6) is 0 Å². The Bertz CT molecular complexity index is 762. The standard InChI is InChI=1S/C17H18N4OS/c1-13-4-6-14(7-5-13)12-21-9-8-16(20-21)19-17(23)18-11-15-3-2-10-22-15/h2-10H,11-12H2,1H3,(H2,18,19,20,23). The number of nitrogens with one attached hydrogen (secondary N) is 2. The number of nitrogens with zero attached hydrogens (tertiary/aromatic N) is 2. The maximum Gasteiger partial charge on any atom is 0.172 e. The van der Waals surface area contributed by atoms with Crippen molar-refractivity contribution in [2.75, 3.05) is 5.32 Å². The van der Waals surface area contributed by atoms with Gasteiger partial charge in [0.2, 0.25) is 0 Å². The van der Waals surface area contributed by atoms with Crippen molar-refractivity contribution in [2.24, 2.45) is 0 Å². The second-order valence-electron chi connectivity index (χ2n) is 5.27. The van der Waals surface area contributed by atoms with Gasteiger partial charge in [0.25, 0.3) is 0 Å². The number of hydrogen-bond acceptors (Lipinski definition) is 3. The molecule has 0 unspecified atom stereocenters. The van der Waals surface area contributed by atoms with Gasteiger partial charge < -0.3 is 15.1 Å². The van der Waals surface area contributed by atoms with Crippen molar-refractivity contribution in [3.63, 3.8) is 0 Å². The highest BCUT2D eigenvalue weighted by Gasteiger charge is 2.03. The van der Waals surface area contributed by atoms with E-state index in [-0.39, 0.29) is 0 Å². The van der Waals surface area contributed by atoms with Crippen LogP contribution in [0.1, 0.15) is 16.9 Å². The van der Waals surface area contributed by atoms with E-state index in [1.54, 1.807) is 6.26 Å². The highest BCUT2D eigenvalue weighted by molar-refractivity contribution is 7.80. The zero-order chi connectivity index (χ0) is 16.1. The lowest BCUT2D eigenvalue weighted by molar-refractivity contribution is 0.503. The minimum atomic E-state index is 0.516. The number of thiocarbonyl (C=S) groups is 1. The average Bonchev–Trinajstić information content (AvgIpc) is 3.20. The molecule has 6 heteroatoms. The lowest BCUT2D eigenvalue weighted by Crippen LogP contribution is -2.27. The third-order valence-corrected chi connectivity index (χ3v) is 3.60. The van der Waals surface area contributed by atoms with Crippen molar-refractivity contribution in [2.45, 2.75) is 20.0 Å². The summed E-state index contributed by atoms with van der Waals surface area (Å²) in [5.41, 5.74) is 2.47. The maximum absolute atomic E-state index is 5.25. The normalized spacial score (nSPS) is 10.5. The molecule has 0 bridgehead atoms. The highest BCUT2D eigenvalue weighted by Crippen LogP contribution is 2.08. The molecule has 23 heavy (non-hydrogen) atoms. The van der Waals surface area contributed by atoms with Crippen LogP contribution in [0.15, 0.2) is 59.3 Å². The van der Waals surface area contributed by atoms with Crippen LogP contribution in [-0.4, -0.2) is 14.9 Å². The van der Waals surface area contributed by atoms with E-state index in [0.717, 1.165) is 12.3 Å². The predicted octanol–water partition coefficient (Wildman–Crippen LogP) is 3.32. The molecule has 0 spiro atoms. The van der Waals surface area contributed by atoms with Crippen LogP contribution in [-0.2, 0) is 13.1 Å². The highest BCUT2D eigenvalue weighted by atomic mass is 32.1. The van der Waals surface area contributed by atoms with Crippen LogP contribution in [0, 0.1) is 6.92 Å². The Hall–Kier alpha value is -2.60. The molecule has 0 aliphatic heterocycles. The zero-order valence-corrected chi connectivity index (χ0v) is 13.6. The molecule has 2 heterocycles. The molecule has 1 aromatic carbocycles. The third-order valence-electron chi connectivity index (χ3n) is 3.35. The van der Waals surface area contributed by atoms with E-state index in [1.165, 1.54) is 11.1 Å². The number of aromatic nitrogens is 2. The topological polar surface area (TPSA) is 55.0 Å². The molecule has 0 atom stereocenters. The SMILES string of the molecule is Cc1ccc(Cn2ccc(NC(=S)NCc3ccco3)n2)cc1. The van der Waals surface area contributed by atoms with Crippen molar-refractivity contribution in [1.82, 2.24) is 15.1 Å². The maximum atomic E-state index is 5.25. The molecule has 2 aromatic heterocycles. The van der Waals surface area contributed by atoms with E-state index < -0.39 is 0 Å². The number of furan rings is 1. The minimum absolute atomic E-state index is 0.516. The smallest absolute Gasteiger partial charge is 0.172 e. The lowest BCUT2D eigenvalue weighted by atomic mass is 10.1. The van der Waals surface area contributed by atoms with Gasteiger partial charge in [-0.1, -0.05) is 29.8 Å². The van der Waals surface area contributed by atoms with Crippen LogP contribution in [0.25, 0.3) is 0 Å². The van der Waals surface area contributed by atoms with E-state index in [2.05, 4.69) is 46.9 Å². The first-order valence-electron chi connectivity index (χ1n) is 7.35. The van der Waals surface area contributed by atoms with Crippen LogP contribution in [0.3, 0.4) is 0 Å². The predicted molar refractivity (Wildman–Crippen MR) is 94.3 cm³/mol. The number of aryl methyl sites for hydroxylation is 1. The Morgan fingerprint density at radius 1 is 1.22 bits per heavy atom. The zero-order valence-electron chi connectivity index (χ0n) is 12.8. The fourth-order valence-electron chi connectivity index (χ4n) is 2.14. The Morgan fingerprint density at radius 2 is 2.04 bits per heavy atom. The van der Waals surface area contributed by atoms with Gasteiger partial charge in [0.15, 0.2) is 10.9 Å². The molecule has 0 radical (unpaired) electrons. The van der Waals surface area contributed by atoms with E-state index in [4.69, 9.17) is 16.6 Å². The van der Waals surface area contributed by atoms with Gasteiger partial charge in [-0.15, -0.1) is 0 Å². The van der Waals surface area contributed by atoms with Crippen molar-refractivity contribution < 1.29 is 4.42 Å². The Labute approximate surface area is 140 Å². The molecule has 0 saturated heterocycles. The number of hydrogen-bond donors (Lipinski definition) is 2. The van der Waals surface area contributed by atoms with Crippen LogP contribution >= 0.6 is 12.2 Å². The molecule has 3 aromatic rings.